The molecule has 0 aromatic heterocycles. The van der Waals surface area contributed by atoms with Gasteiger partial charge in [0.25, 0.3) is 0 Å². The number of ether oxygens (including phenoxy) is 1. The summed E-state index contributed by atoms with van der Waals surface area (Å²) >= 11 is 0. The highest BCUT2D eigenvalue weighted by Gasteiger charge is 2.28. The van der Waals surface area contributed by atoms with Crippen molar-refractivity contribution in [2.24, 2.45) is 0 Å². The van der Waals surface area contributed by atoms with E-state index in [1.165, 1.54) is 12.0 Å². The van der Waals surface area contributed by atoms with E-state index in [1.54, 1.807) is 27.7 Å². The van der Waals surface area contributed by atoms with Gasteiger partial charge in [-0.3, -0.25) is 9.59 Å². The molecule has 7 heteroatoms. The first-order chi connectivity index (χ1) is 8.59. The number of nitrogens with one attached hydrogen (secondary N) is 1. The number of nitrogens with zero attached hydrogens (tertiary/aromatic N) is 1. The van der Waals surface area contributed by atoms with Crippen molar-refractivity contribution in [1.29, 1.82) is 0 Å². The number of carboxylic acid groups (broad SMARTS) is 1. The maximum Gasteiger partial charge on any atom is 0.325 e. The zero-order valence-electron chi connectivity index (χ0n) is 12.0. The minimum Gasteiger partial charge on any atom is -0.481 e. The summed E-state index contributed by atoms with van der Waals surface area (Å²) in [4.78, 5) is 35.3. The molecule has 2 amide bonds. The highest BCUT2D eigenvalue weighted by atomic mass is 16.5. The van der Waals surface area contributed by atoms with Crippen molar-refractivity contribution < 1.29 is 24.2 Å². The Morgan fingerprint density at radius 2 is 1.84 bits per heavy atom. The second-order valence-corrected chi connectivity index (χ2v) is 5.18. The van der Waals surface area contributed by atoms with Gasteiger partial charge in [-0.05, 0) is 27.7 Å². The number of carbonyl (C=O) groups excluding carboxylic acids is 2. The van der Waals surface area contributed by atoms with E-state index < -0.39 is 23.5 Å². The van der Waals surface area contributed by atoms with Gasteiger partial charge < -0.3 is 20.1 Å². The van der Waals surface area contributed by atoms with Gasteiger partial charge in [0, 0.05) is 11.6 Å². The van der Waals surface area contributed by atoms with Gasteiger partial charge in [0.05, 0.1) is 13.5 Å². The number of methoxy groups -OCH3 is 1. The summed E-state index contributed by atoms with van der Waals surface area (Å²) in [5.74, 6) is -1.53. The van der Waals surface area contributed by atoms with Crippen molar-refractivity contribution in [2.45, 2.75) is 45.7 Å². The highest BCUT2D eigenvalue weighted by Crippen LogP contribution is 2.10. The molecular weight excluding hydrogens is 252 g/mol. The molecule has 0 bridgehead atoms. The van der Waals surface area contributed by atoms with Crippen LogP contribution >= 0.6 is 0 Å². The first-order valence-corrected chi connectivity index (χ1v) is 5.96. The molecule has 0 aliphatic carbocycles. The minimum atomic E-state index is -1.01. The van der Waals surface area contributed by atoms with Crippen LogP contribution in [0.2, 0.25) is 0 Å². The second kappa shape index (κ2) is 6.96. The van der Waals surface area contributed by atoms with Crippen molar-refractivity contribution in [1.82, 2.24) is 10.2 Å². The van der Waals surface area contributed by atoms with E-state index >= 15 is 0 Å². The smallest absolute Gasteiger partial charge is 0.325 e. The molecule has 19 heavy (non-hydrogen) atoms. The van der Waals surface area contributed by atoms with E-state index in [-0.39, 0.29) is 19.0 Å². The van der Waals surface area contributed by atoms with Gasteiger partial charge in [0.1, 0.15) is 6.54 Å². The molecule has 0 spiro atoms. The van der Waals surface area contributed by atoms with Gasteiger partial charge in [0.2, 0.25) is 0 Å². The van der Waals surface area contributed by atoms with Crippen LogP contribution in [0.3, 0.4) is 0 Å². The number of amides is 2. The molecule has 0 atom stereocenters. The summed E-state index contributed by atoms with van der Waals surface area (Å²) in [5.41, 5.74) is -0.897. The predicted molar refractivity (Wildman–Crippen MR) is 68.7 cm³/mol. The molecule has 0 aliphatic heterocycles. The molecule has 0 radical (unpaired) electrons. The molecule has 0 aromatic rings. The van der Waals surface area contributed by atoms with E-state index in [2.05, 4.69) is 10.1 Å². The first kappa shape index (κ1) is 17.2. The van der Waals surface area contributed by atoms with Crippen molar-refractivity contribution in [3.05, 3.63) is 0 Å². The zero-order chi connectivity index (χ0) is 15.2. The summed E-state index contributed by atoms with van der Waals surface area (Å²) in [6.45, 7) is 6.55. The average molecular weight is 274 g/mol. The van der Waals surface area contributed by atoms with Crippen LogP contribution in [0, 0.1) is 0 Å². The monoisotopic (exact) mass is 274 g/mol. The molecule has 0 fully saturated rings. The summed E-state index contributed by atoms with van der Waals surface area (Å²) in [6, 6.07) is -0.702. The van der Waals surface area contributed by atoms with Gasteiger partial charge in [-0.1, -0.05) is 0 Å². The third-order valence-corrected chi connectivity index (χ3v) is 2.45. The fraction of sp³-hybridized carbons (Fsp3) is 0.750. The normalized spacial score (nSPS) is 11.1. The molecular formula is C12H22N2O5. The Labute approximate surface area is 112 Å². The summed E-state index contributed by atoms with van der Waals surface area (Å²) in [5, 5.41) is 11.4. The maximum absolute atomic E-state index is 12.0. The van der Waals surface area contributed by atoms with Crippen molar-refractivity contribution in [2.75, 3.05) is 13.7 Å². The van der Waals surface area contributed by atoms with E-state index in [0.717, 1.165) is 0 Å². The molecule has 0 heterocycles. The quantitative estimate of drug-likeness (QED) is 0.699. The third-order valence-electron chi connectivity index (χ3n) is 2.45. The predicted octanol–water partition coefficient (Wildman–Crippen LogP) is 0.833. The van der Waals surface area contributed by atoms with Crippen LogP contribution in [0.4, 0.5) is 4.79 Å². The Kier molecular flexibility index (Phi) is 6.31. The lowest BCUT2D eigenvalue weighted by Gasteiger charge is -2.31. The number of urea groups is 1. The number of esters is 1. The number of rotatable bonds is 6. The molecule has 0 aliphatic rings. The lowest BCUT2D eigenvalue weighted by atomic mass is 10.0. The van der Waals surface area contributed by atoms with Crippen LogP contribution < -0.4 is 5.32 Å². The summed E-state index contributed by atoms with van der Waals surface area (Å²) in [7, 11) is 1.24. The number of hydrogen-bond acceptors (Lipinski definition) is 4. The van der Waals surface area contributed by atoms with Gasteiger partial charge in [-0.2, -0.15) is 0 Å². The fourth-order valence-electron chi connectivity index (χ4n) is 1.48. The number of carbonyl (C=O) groups is 3. The molecule has 0 unspecified atom stereocenters. The first-order valence-electron chi connectivity index (χ1n) is 5.96. The molecule has 0 rings (SSSR count). The molecule has 7 nitrogen and oxygen atoms in total. The van der Waals surface area contributed by atoms with Gasteiger partial charge in [0.15, 0.2) is 0 Å². The Morgan fingerprint density at radius 3 is 2.21 bits per heavy atom. The number of aliphatic carboxylic acids is 1. The summed E-state index contributed by atoms with van der Waals surface area (Å²) < 4.78 is 4.52. The number of hydrogen-bond donors (Lipinski definition) is 2. The van der Waals surface area contributed by atoms with Crippen LogP contribution in [0.25, 0.3) is 0 Å². The standard InChI is InChI=1S/C12H22N2O5/c1-8(2)14(7-10(17)19-5)11(18)13-12(3,4)6-9(15)16/h8H,6-7H2,1-5H3,(H,13,18)(H,15,16). The van der Waals surface area contributed by atoms with Crippen LogP contribution in [-0.4, -0.2) is 53.2 Å². The van der Waals surface area contributed by atoms with E-state index in [0.29, 0.717) is 0 Å². The van der Waals surface area contributed by atoms with Crippen molar-refractivity contribution >= 4 is 18.0 Å². The average Bonchev–Trinajstić information content (AvgIpc) is 2.21. The highest BCUT2D eigenvalue weighted by molar-refractivity contribution is 5.82. The van der Waals surface area contributed by atoms with Crippen LogP contribution in [0.5, 0.6) is 0 Å². The minimum absolute atomic E-state index is 0.177. The topological polar surface area (TPSA) is 95.9 Å². The van der Waals surface area contributed by atoms with Gasteiger partial charge in [-0.25, -0.2) is 4.79 Å². The van der Waals surface area contributed by atoms with E-state index in [9.17, 15) is 14.4 Å². The van der Waals surface area contributed by atoms with Crippen molar-refractivity contribution in [3.8, 4) is 0 Å². The second-order valence-electron chi connectivity index (χ2n) is 5.18. The Balaban J connectivity index is 4.73. The lowest BCUT2D eigenvalue weighted by molar-refractivity contribution is -0.142. The molecule has 110 valence electrons. The fourth-order valence-corrected chi connectivity index (χ4v) is 1.48. The third kappa shape index (κ3) is 6.64. The zero-order valence-corrected chi connectivity index (χ0v) is 12.0. The molecule has 0 saturated carbocycles. The van der Waals surface area contributed by atoms with Crippen molar-refractivity contribution in [3.63, 3.8) is 0 Å². The van der Waals surface area contributed by atoms with Crippen LogP contribution in [0.15, 0.2) is 0 Å². The van der Waals surface area contributed by atoms with E-state index in [4.69, 9.17) is 5.11 Å². The van der Waals surface area contributed by atoms with Gasteiger partial charge >= 0.3 is 18.0 Å². The SMILES string of the molecule is COC(=O)CN(C(=O)NC(C)(C)CC(=O)O)C(C)C. The Morgan fingerprint density at radius 1 is 1.32 bits per heavy atom. The van der Waals surface area contributed by atoms with E-state index in [1.807, 2.05) is 0 Å². The Hall–Kier alpha value is -1.79. The molecule has 0 aromatic carbocycles. The largest absolute Gasteiger partial charge is 0.481 e. The van der Waals surface area contributed by atoms with Gasteiger partial charge in [-0.15, -0.1) is 0 Å². The summed E-state index contributed by atoms with van der Waals surface area (Å²) in [6.07, 6.45) is -0.205. The number of carboxylic acids is 1. The van der Waals surface area contributed by atoms with Crippen LogP contribution in [0.1, 0.15) is 34.1 Å². The molecule has 2 N–H and O–H groups in total. The lowest BCUT2D eigenvalue weighted by Crippen LogP contribution is -2.54. The van der Waals surface area contributed by atoms with Crippen LogP contribution in [-0.2, 0) is 14.3 Å². The Bertz CT molecular complexity index is 352. The molecule has 0 saturated heterocycles. The maximum atomic E-state index is 12.0.